The van der Waals surface area contributed by atoms with Crippen molar-refractivity contribution < 1.29 is 13.9 Å². The maximum atomic E-state index is 13.4. The van der Waals surface area contributed by atoms with Crippen LogP contribution in [0.4, 0.5) is 8.78 Å². The van der Waals surface area contributed by atoms with E-state index in [1.807, 2.05) is 24.3 Å². The summed E-state index contributed by atoms with van der Waals surface area (Å²) in [5.74, 6) is -1.08. The molecule has 2 aromatic rings. The Labute approximate surface area is 110 Å². The first-order valence-corrected chi connectivity index (χ1v) is 6.03. The number of benzene rings is 2. The van der Waals surface area contributed by atoms with Crippen molar-refractivity contribution >= 4 is 0 Å². The summed E-state index contributed by atoms with van der Waals surface area (Å²) in [5.41, 5.74) is 1.88. The van der Waals surface area contributed by atoms with Gasteiger partial charge in [-0.3, -0.25) is 0 Å². The minimum atomic E-state index is -0.539. The summed E-state index contributed by atoms with van der Waals surface area (Å²) in [5, 5.41) is 11.9. The van der Waals surface area contributed by atoms with Crippen molar-refractivity contribution in [2.45, 2.75) is 19.7 Å². The Bertz CT molecular complexity index is 520. The molecule has 0 radical (unpaired) electrons. The van der Waals surface area contributed by atoms with Gasteiger partial charge < -0.3 is 10.4 Å². The summed E-state index contributed by atoms with van der Waals surface area (Å²) in [7, 11) is 0. The lowest BCUT2D eigenvalue weighted by Gasteiger charge is -2.07. The van der Waals surface area contributed by atoms with Crippen molar-refractivity contribution in [3.63, 3.8) is 0 Å². The minimum absolute atomic E-state index is 0.00808. The van der Waals surface area contributed by atoms with Crippen LogP contribution in [0.1, 0.15) is 16.7 Å². The normalized spacial score (nSPS) is 10.7. The topological polar surface area (TPSA) is 32.3 Å². The largest absolute Gasteiger partial charge is 0.392 e. The molecule has 0 amide bonds. The van der Waals surface area contributed by atoms with Crippen LogP contribution in [0.15, 0.2) is 42.5 Å². The fourth-order valence-corrected chi connectivity index (χ4v) is 1.80. The zero-order valence-corrected chi connectivity index (χ0v) is 10.4. The minimum Gasteiger partial charge on any atom is -0.392 e. The number of hydrogen-bond donors (Lipinski definition) is 2. The zero-order chi connectivity index (χ0) is 13.7. The van der Waals surface area contributed by atoms with E-state index in [1.54, 1.807) is 0 Å². The van der Waals surface area contributed by atoms with Crippen molar-refractivity contribution in [1.82, 2.24) is 5.32 Å². The van der Waals surface area contributed by atoms with Gasteiger partial charge in [0.2, 0.25) is 0 Å². The second-order valence-corrected chi connectivity index (χ2v) is 4.28. The molecule has 0 bridgehead atoms. The smallest absolute Gasteiger partial charge is 0.130 e. The highest BCUT2D eigenvalue weighted by atomic mass is 19.1. The molecule has 0 aliphatic carbocycles. The lowest BCUT2D eigenvalue weighted by molar-refractivity contribution is 0.282. The van der Waals surface area contributed by atoms with Crippen LogP contribution in [0.3, 0.4) is 0 Å². The molecule has 0 aliphatic rings. The van der Waals surface area contributed by atoms with Gasteiger partial charge in [-0.25, -0.2) is 8.78 Å². The number of hydrogen-bond acceptors (Lipinski definition) is 2. The van der Waals surface area contributed by atoms with Crippen molar-refractivity contribution in [2.24, 2.45) is 0 Å². The van der Waals surface area contributed by atoms with Gasteiger partial charge in [0.1, 0.15) is 11.6 Å². The number of nitrogens with one attached hydrogen (secondary N) is 1. The van der Waals surface area contributed by atoms with Crippen molar-refractivity contribution in [3.05, 3.63) is 70.8 Å². The van der Waals surface area contributed by atoms with Gasteiger partial charge in [0.15, 0.2) is 0 Å². The molecule has 0 heterocycles. The summed E-state index contributed by atoms with van der Waals surface area (Å²) in [6.45, 7) is 0.661. The molecule has 100 valence electrons. The summed E-state index contributed by atoms with van der Waals surface area (Å²) >= 11 is 0. The zero-order valence-electron chi connectivity index (χ0n) is 10.4. The standard InChI is InChI=1S/C15H15F2NO/c16-14-2-1-3-15(17)13(14)9-18-8-11-4-6-12(10-19)7-5-11/h1-7,18-19H,8-10H2. The van der Waals surface area contributed by atoms with Crippen LogP contribution in [0.2, 0.25) is 0 Å². The van der Waals surface area contributed by atoms with Gasteiger partial charge in [-0.15, -0.1) is 0 Å². The number of halogens is 2. The summed E-state index contributed by atoms with van der Waals surface area (Å²) in [6.07, 6.45) is 0. The number of rotatable bonds is 5. The molecule has 0 spiro atoms. The summed E-state index contributed by atoms with van der Waals surface area (Å²) in [4.78, 5) is 0. The maximum Gasteiger partial charge on any atom is 0.130 e. The Kier molecular flexibility index (Phi) is 4.60. The lowest BCUT2D eigenvalue weighted by atomic mass is 10.1. The van der Waals surface area contributed by atoms with Crippen LogP contribution in [0.5, 0.6) is 0 Å². The molecule has 0 aliphatic heterocycles. The molecule has 2 rings (SSSR count). The van der Waals surface area contributed by atoms with Crippen LogP contribution in [0.25, 0.3) is 0 Å². The van der Waals surface area contributed by atoms with E-state index in [9.17, 15) is 8.78 Å². The average Bonchev–Trinajstić information content (AvgIpc) is 2.43. The van der Waals surface area contributed by atoms with Crippen LogP contribution < -0.4 is 5.32 Å². The van der Waals surface area contributed by atoms with E-state index in [-0.39, 0.29) is 18.7 Å². The highest BCUT2D eigenvalue weighted by molar-refractivity contribution is 5.22. The monoisotopic (exact) mass is 263 g/mol. The van der Waals surface area contributed by atoms with Gasteiger partial charge in [0.25, 0.3) is 0 Å². The van der Waals surface area contributed by atoms with E-state index < -0.39 is 11.6 Å². The van der Waals surface area contributed by atoms with Gasteiger partial charge in [-0.2, -0.15) is 0 Å². The predicted octanol–water partition coefficient (Wildman–Crippen LogP) is 2.75. The maximum absolute atomic E-state index is 13.4. The molecule has 0 aromatic heterocycles. The van der Waals surface area contributed by atoms with Crippen LogP contribution in [-0.2, 0) is 19.7 Å². The van der Waals surface area contributed by atoms with E-state index in [4.69, 9.17) is 5.11 Å². The third-order valence-corrected chi connectivity index (χ3v) is 2.90. The van der Waals surface area contributed by atoms with E-state index in [0.29, 0.717) is 6.54 Å². The highest BCUT2D eigenvalue weighted by Gasteiger charge is 2.07. The van der Waals surface area contributed by atoms with Crippen LogP contribution in [-0.4, -0.2) is 5.11 Å². The average molecular weight is 263 g/mol. The van der Waals surface area contributed by atoms with Crippen LogP contribution in [0, 0.1) is 11.6 Å². The Balaban J connectivity index is 1.92. The van der Waals surface area contributed by atoms with Gasteiger partial charge in [0.05, 0.1) is 6.61 Å². The van der Waals surface area contributed by atoms with E-state index >= 15 is 0 Å². The molecule has 4 heteroatoms. The molecule has 0 atom stereocenters. The Hall–Kier alpha value is -1.78. The molecule has 0 saturated heterocycles. The first-order valence-electron chi connectivity index (χ1n) is 6.03. The van der Waals surface area contributed by atoms with Gasteiger partial charge in [0, 0.05) is 18.7 Å². The molecule has 2 N–H and O–H groups in total. The molecular weight excluding hydrogens is 248 g/mol. The fraction of sp³-hybridized carbons (Fsp3) is 0.200. The molecule has 0 unspecified atom stereocenters. The molecule has 0 saturated carbocycles. The first-order chi connectivity index (χ1) is 9.20. The highest BCUT2D eigenvalue weighted by Crippen LogP contribution is 2.12. The number of aliphatic hydroxyl groups is 1. The van der Waals surface area contributed by atoms with Gasteiger partial charge >= 0.3 is 0 Å². The molecule has 0 fully saturated rings. The molecular formula is C15H15F2NO. The fourth-order valence-electron chi connectivity index (χ4n) is 1.80. The van der Waals surface area contributed by atoms with E-state index in [0.717, 1.165) is 11.1 Å². The molecule has 19 heavy (non-hydrogen) atoms. The summed E-state index contributed by atoms with van der Waals surface area (Å²) in [6, 6.07) is 11.2. The van der Waals surface area contributed by atoms with E-state index in [1.165, 1.54) is 18.2 Å². The molecule has 2 aromatic carbocycles. The van der Waals surface area contributed by atoms with Crippen molar-refractivity contribution in [1.29, 1.82) is 0 Å². The Morgan fingerprint density at radius 3 is 2.00 bits per heavy atom. The van der Waals surface area contributed by atoms with Gasteiger partial charge in [-0.05, 0) is 23.3 Å². The van der Waals surface area contributed by atoms with E-state index in [2.05, 4.69) is 5.32 Å². The molecule has 2 nitrogen and oxygen atoms in total. The Morgan fingerprint density at radius 2 is 1.42 bits per heavy atom. The summed E-state index contributed by atoms with van der Waals surface area (Å²) < 4.78 is 26.7. The predicted molar refractivity (Wildman–Crippen MR) is 69.3 cm³/mol. The third-order valence-electron chi connectivity index (χ3n) is 2.90. The Morgan fingerprint density at radius 1 is 0.842 bits per heavy atom. The second-order valence-electron chi connectivity index (χ2n) is 4.28. The van der Waals surface area contributed by atoms with Crippen molar-refractivity contribution in [2.75, 3.05) is 0 Å². The second kappa shape index (κ2) is 6.41. The number of aliphatic hydroxyl groups excluding tert-OH is 1. The SMILES string of the molecule is OCc1ccc(CNCc2c(F)cccc2F)cc1. The quantitative estimate of drug-likeness (QED) is 0.869. The lowest BCUT2D eigenvalue weighted by Crippen LogP contribution is -2.15. The first kappa shape index (κ1) is 13.6. The third kappa shape index (κ3) is 3.59. The van der Waals surface area contributed by atoms with Crippen LogP contribution >= 0.6 is 0 Å². The van der Waals surface area contributed by atoms with Gasteiger partial charge in [-0.1, -0.05) is 30.3 Å². The van der Waals surface area contributed by atoms with Crippen molar-refractivity contribution in [3.8, 4) is 0 Å².